The monoisotopic (exact) mass is 394 g/mol. The molecule has 27 heavy (non-hydrogen) atoms. The van der Waals surface area contributed by atoms with Crippen LogP contribution in [-0.2, 0) is 6.61 Å². The number of nitrogens with one attached hydrogen (secondary N) is 1. The zero-order chi connectivity index (χ0) is 18.4. The number of nitrogens with zero attached hydrogens (tertiary/aromatic N) is 3. The van der Waals surface area contributed by atoms with Gasteiger partial charge in [-0.05, 0) is 44.0 Å². The zero-order valence-electron chi connectivity index (χ0n) is 15.8. The maximum Gasteiger partial charge on any atom is 0.257 e. The fourth-order valence-corrected chi connectivity index (χ4v) is 3.17. The summed E-state index contributed by atoms with van der Waals surface area (Å²) in [7, 11) is 0. The highest BCUT2D eigenvalue weighted by atomic mass is 35.5. The molecule has 0 saturated carbocycles. The van der Waals surface area contributed by atoms with Gasteiger partial charge in [0.2, 0.25) is 11.7 Å². The number of benzene rings is 1. The van der Waals surface area contributed by atoms with Gasteiger partial charge in [-0.2, -0.15) is 4.98 Å². The largest absolute Gasteiger partial charge is 0.485 e. The number of aryl methyl sites for hydroxylation is 1. The first-order valence-electron chi connectivity index (χ1n) is 9.18. The number of halogens is 1. The standard InChI is InChI=1S/C19H26N4O3.ClH/c1-3-20-12-15-8-10-23(11-9-15)19(24)16-6-4-5-7-17(16)25-13-18-21-14(2)26-22-18;/h4-7,15,20H,3,8-13H2,1-2H3;1H. The lowest BCUT2D eigenvalue weighted by Gasteiger charge is -2.32. The van der Waals surface area contributed by atoms with Crippen LogP contribution in [0.3, 0.4) is 0 Å². The fraction of sp³-hybridized carbons (Fsp3) is 0.526. The second-order valence-electron chi connectivity index (χ2n) is 6.56. The van der Waals surface area contributed by atoms with E-state index in [1.165, 1.54) is 0 Å². The number of aromatic nitrogens is 2. The van der Waals surface area contributed by atoms with Crippen LogP contribution in [0.15, 0.2) is 28.8 Å². The average molecular weight is 395 g/mol. The van der Waals surface area contributed by atoms with Crippen molar-refractivity contribution in [2.75, 3.05) is 26.2 Å². The molecule has 1 amide bonds. The van der Waals surface area contributed by atoms with Crippen LogP contribution in [0.25, 0.3) is 0 Å². The van der Waals surface area contributed by atoms with Gasteiger partial charge in [-0.15, -0.1) is 12.4 Å². The molecule has 1 fully saturated rings. The van der Waals surface area contributed by atoms with E-state index in [0.717, 1.165) is 39.0 Å². The van der Waals surface area contributed by atoms with E-state index >= 15 is 0 Å². The molecule has 8 heteroatoms. The van der Waals surface area contributed by atoms with Crippen molar-refractivity contribution in [1.82, 2.24) is 20.4 Å². The molecular formula is C19H27ClN4O3. The van der Waals surface area contributed by atoms with E-state index in [4.69, 9.17) is 9.26 Å². The summed E-state index contributed by atoms with van der Waals surface area (Å²) in [5.74, 6) is 2.18. The summed E-state index contributed by atoms with van der Waals surface area (Å²) in [4.78, 5) is 19.0. The lowest BCUT2D eigenvalue weighted by Crippen LogP contribution is -2.40. The minimum atomic E-state index is 0. The molecule has 0 bridgehead atoms. The molecule has 3 rings (SSSR count). The number of amides is 1. The third-order valence-electron chi connectivity index (χ3n) is 4.63. The van der Waals surface area contributed by atoms with Crippen LogP contribution in [0.5, 0.6) is 5.75 Å². The molecule has 148 valence electrons. The van der Waals surface area contributed by atoms with Gasteiger partial charge in [-0.1, -0.05) is 24.2 Å². The molecule has 1 N–H and O–H groups in total. The molecule has 0 unspecified atom stereocenters. The Labute approximate surface area is 165 Å². The summed E-state index contributed by atoms with van der Waals surface area (Å²) in [6.07, 6.45) is 2.06. The Hall–Kier alpha value is -2.12. The highest BCUT2D eigenvalue weighted by Gasteiger charge is 2.25. The van der Waals surface area contributed by atoms with E-state index < -0.39 is 0 Å². The SMILES string of the molecule is CCNCC1CCN(C(=O)c2ccccc2OCc2noc(C)n2)CC1.Cl. The van der Waals surface area contributed by atoms with Gasteiger partial charge >= 0.3 is 0 Å². The van der Waals surface area contributed by atoms with Crippen molar-refractivity contribution < 1.29 is 14.1 Å². The summed E-state index contributed by atoms with van der Waals surface area (Å²) >= 11 is 0. The molecule has 1 aromatic heterocycles. The number of likely N-dealkylation sites (tertiary alicyclic amines) is 1. The van der Waals surface area contributed by atoms with E-state index in [-0.39, 0.29) is 24.9 Å². The van der Waals surface area contributed by atoms with Gasteiger partial charge in [0.1, 0.15) is 5.75 Å². The van der Waals surface area contributed by atoms with Crippen LogP contribution in [0.1, 0.15) is 41.8 Å². The molecule has 1 aliphatic rings. The first-order chi connectivity index (χ1) is 12.7. The summed E-state index contributed by atoms with van der Waals surface area (Å²) in [6.45, 7) is 7.61. The van der Waals surface area contributed by atoms with Gasteiger partial charge in [0.25, 0.3) is 5.91 Å². The number of hydrogen-bond acceptors (Lipinski definition) is 6. The predicted molar refractivity (Wildman–Crippen MR) is 104 cm³/mol. The molecule has 0 aliphatic carbocycles. The van der Waals surface area contributed by atoms with Crippen LogP contribution in [0, 0.1) is 12.8 Å². The topological polar surface area (TPSA) is 80.5 Å². The molecule has 2 aromatic rings. The van der Waals surface area contributed by atoms with Crippen LogP contribution in [0.4, 0.5) is 0 Å². The maximum atomic E-state index is 12.9. The summed E-state index contributed by atoms with van der Waals surface area (Å²) in [5.41, 5.74) is 0.581. The van der Waals surface area contributed by atoms with Gasteiger partial charge in [0, 0.05) is 20.0 Å². The lowest BCUT2D eigenvalue weighted by atomic mass is 9.96. The molecule has 0 spiro atoms. The molecule has 1 aliphatic heterocycles. The van der Waals surface area contributed by atoms with Gasteiger partial charge in [-0.3, -0.25) is 4.79 Å². The number of hydrogen-bond donors (Lipinski definition) is 1. The summed E-state index contributed by atoms with van der Waals surface area (Å²) in [5, 5.41) is 7.21. The Morgan fingerprint density at radius 2 is 2.07 bits per heavy atom. The molecule has 0 radical (unpaired) electrons. The lowest BCUT2D eigenvalue weighted by molar-refractivity contribution is 0.0685. The highest BCUT2D eigenvalue weighted by molar-refractivity contribution is 5.97. The molecule has 7 nitrogen and oxygen atoms in total. The van der Waals surface area contributed by atoms with E-state index in [2.05, 4.69) is 22.4 Å². The van der Waals surface area contributed by atoms with Crippen LogP contribution in [0.2, 0.25) is 0 Å². The van der Waals surface area contributed by atoms with Crippen LogP contribution in [-0.4, -0.2) is 47.1 Å². The predicted octanol–water partition coefficient (Wildman–Crippen LogP) is 2.84. The van der Waals surface area contributed by atoms with E-state index in [0.29, 0.717) is 28.9 Å². The quantitative estimate of drug-likeness (QED) is 0.777. The van der Waals surface area contributed by atoms with E-state index in [1.807, 2.05) is 23.1 Å². The first kappa shape index (κ1) is 21.2. The second kappa shape index (κ2) is 10.3. The first-order valence-corrected chi connectivity index (χ1v) is 9.18. The Kier molecular flexibility index (Phi) is 8.06. The molecule has 2 heterocycles. The van der Waals surface area contributed by atoms with E-state index in [9.17, 15) is 4.79 Å². The van der Waals surface area contributed by atoms with Gasteiger partial charge in [-0.25, -0.2) is 0 Å². The zero-order valence-corrected chi connectivity index (χ0v) is 16.6. The molecule has 1 aromatic carbocycles. The van der Waals surface area contributed by atoms with Crippen molar-refractivity contribution in [1.29, 1.82) is 0 Å². The number of para-hydroxylation sites is 1. The normalized spacial score (nSPS) is 14.7. The van der Waals surface area contributed by atoms with Crippen molar-refractivity contribution in [3.05, 3.63) is 41.5 Å². The average Bonchev–Trinajstić information content (AvgIpc) is 3.10. The summed E-state index contributed by atoms with van der Waals surface area (Å²) < 4.78 is 10.7. The van der Waals surface area contributed by atoms with Crippen LogP contribution < -0.4 is 10.1 Å². The molecule has 0 atom stereocenters. The van der Waals surface area contributed by atoms with Gasteiger partial charge < -0.3 is 19.5 Å². The smallest absolute Gasteiger partial charge is 0.257 e. The maximum absolute atomic E-state index is 12.9. The third kappa shape index (κ3) is 5.68. The number of carbonyl (C=O) groups excluding carboxylic acids is 1. The number of carbonyl (C=O) groups is 1. The van der Waals surface area contributed by atoms with Crippen molar-refractivity contribution >= 4 is 18.3 Å². The van der Waals surface area contributed by atoms with Crippen molar-refractivity contribution in [2.45, 2.75) is 33.3 Å². The van der Waals surface area contributed by atoms with E-state index in [1.54, 1.807) is 13.0 Å². The van der Waals surface area contributed by atoms with Gasteiger partial charge in [0.15, 0.2) is 6.61 Å². The minimum absolute atomic E-state index is 0. The summed E-state index contributed by atoms with van der Waals surface area (Å²) in [6, 6.07) is 7.33. The minimum Gasteiger partial charge on any atom is -0.485 e. The van der Waals surface area contributed by atoms with Crippen molar-refractivity contribution in [2.24, 2.45) is 5.92 Å². The van der Waals surface area contributed by atoms with Crippen LogP contribution >= 0.6 is 12.4 Å². The Morgan fingerprint density at radius 3 is 2.74 bits per heavy atom. The van der Waals surface area contributed by atoms with Crippen molar-refractivity contribution in [3.63, 3.8) is 0 Å². The highest BCUT2D eigenvalue weighted by Crippen LogP contribution is 2.24. The number of ether oxygens (including phenoxy) is 1. The van der Waals surface area contributed by atoms with Crippen molar-refractivity contribution in [3.8, 4) is 5.75 Å². The second-order valence-corrected chi connectivity index (χ2v) is 6.56. The fourth-order valence-electron chi connectivity index (χ4n) is 3.17. The number of rotatable bonds is 7. The third-order valence-corrected chi connectivity index (χ3v) is 4.63. The Bertz CT molecular complexity index is 729. The molecule has 1 saturated heterocycles. The van der Waals surface area contributed by atoms with Gasteiger partial charge in [0.05, 0.1) is 5.56 Å². The number of piperidine rings is 1. The Morgan fingerprint density at radius 1 is 1.33 bits per heavy atom. The Balaban J connectivity index is 0.00000261. The molecular weight excluding hydrogens is 368 g/mol.